The molecule has 0 fully saturated rings. The Morgan fingerprint density at radius 3 is 2.62 bits per heavy atom. The average molecular weight is 321 g/mol. The Morgan fingerprint density at radius 2 is 1.83 bits per heavy atom. The fraction of sp³-hybridized carbons (Fsp3) is 0.250. The first-order valence-corrected chi connectivity index (χ1v) is 8.14. The second-order valence-electron chi connectivity index (χ2n) is 6.28. The van der Waals surface area contributed by atoms with E-state index in [-0.39, 0.29) is 5.91 Å². The Hall–Kier alpha value is -2.75. The molecule has 1 N–H and O–H groups in total. The van der Waals surface area contributed by atoms with Gasteiger partial charge in [-0.25, -0.2) is 0 Å². The van der Waals surface area contributed by atoms with Gasteiger partial charge in [-0.1, -0.05) is 24.3 Å². The minimum atomic E-state index is 0.0542. The van der Waals surface area contributed by atoms with Crippen molar-refractivity contribution in [3.05, 3.63) is 65.9 Å². The Labute approximate surface area is 142 Å². The summed E-state index contributed by atoms with van der Waals surface area (Å²) in [5.74, 6) is 0.0542. The van der Waals surface area contributed by atoms with Crippen molar-refractivity contribution in [3.8, 4) is 0 Å². The Bertz CT molecular complexity index is 851. The van der Waals surface area contributed by atoms with Gasteiger partial charge in [0.05, 0.1) is 0 Å². The van der Waals surface area contributed by atoms with E-state index in [2.05, 4.69) is 17.1 Å². The van der Waals surface area contributed by atoms with Crippen LogP contribution in [-0.2, 0) is 6.42 Å². The predicted molar refractivity (Wildman–Crippen MR) is 99.7 cm³/mol. The molecule has 0 aliphatic heterocycles. The molecule has 1 aromatic heterocycles. The molecular weight excluding hydrogens is 298 g/mol. The van der Waals surface area contributed by atoms with Crippen LogP contribution in [0.2, 0.25) is 0 Å². The van der Waals surface area contributed by atoms with E-state index in [0.717, 1.165) is 23.2 Å². The van der Waals surface area contributed by atoms with Crippen molar-refractivity contribution in [3.63, 3.8) is 0 Å². The number of benzene rings is 2. The number of hydrogen-bond donors (Lipinski definition) is 1. The highest BCUT2D eigenvalue weighted by molar-refractivity contribution is 5.95. The number of amides is 1. The summed E-state index contributed by atoms with van der Waals surface area (Å²) in [4.78, 5) is 19.7. The predicted octanol–water partition coefficient (Wildman–Crippen LogP) is 3.55. The SMILES string of the molecule is CN(CCc1c[nH]c2ccccc12)C(=O)c1cccc(N(C)C)c1. The van der Waals surface area contributed by atoms with E-state index < -0.39 is 0 Å². The van der Waals surface area contributed by atoms with Gasteiger partial charge in [-0.15, -0.1) is 0 Å². The number of H-pyrrole nitrogens is 1. The molecule has 0 aliphatic rings. The van der Waals surface area contributed by atoms with Gasteiger partial charge in [0.15, 0.2) is 0 Å². The van der Waals surface area contributed by atoms with Crippen molar-refractivity contribution < 1.29 is 4.79 Å². The van der Waals surface area contributed by atoms with Crippen LogP contribution in [0.4, 0.5) is 5.69 Å². The first kappa shape index (κ1) is 16.1. The van der Waals surface area contributed by atoms with Gasteiger partial charge in [-0.2, -0.15) is 0 Å². The Kier molecular flexibility index (Phi) is 4.56. The van der Waals surface area contributed by atoms with Gasteiger partial charge >= 0.3 is 0 Å². The van der Waals surface area contributed by atoms with Gasteiger partial charge in [-0.05, 0) is 36.2 Å². The third kappa shape index (κ3) is 3.27. The summed E-state index contributed by atoms with van der Waals surface area (Å²) in [6, 6.07) is 16.0. The van der Waals surface area contributed by atoms with E-state index in [1.54, 1.807) is 4.90 Å². The molecule has 4 nitrogen and oxygen atoms in total. The number of para-hydroxylation sites is 1. The molecule has 0 saturated heterocycles. The molecule has 0 saturated carbocycles. The highest BCUT2D eigenvalue weighted by atomic mass is 16.2. The lowest BCUT2D eigenvalue weighted by Crippen LogP contribution is -2.29. The van der Waals surface area contributed by atoms with Crippen LogP contribution in [-0.4, -0.2) is 43.5 Å². The van der Waals surface area contributed by atoms with Crippen LogP contribution in [0.15, 0.2) is 54.7 Å². The van der Waals surface area contributed by atoms with Crippen LogP contribution >= 0.6 is 0 Å². The van der Waals surface area contributed by atoms with Crippen LogP contribution in [0, 0.1) is 0 Å². The van der Waals surface area contributed by atoms with Gasteiger partial charge in [0.2, 0.25) is 0 Å². The summed E-state index contributed by atoms with van der Waals surface area (Å²) in [5, 5.41) is 1.23. The molecule has 24 heavy (non-hydrogen) atoms. The van der Waals surface area contributed by atoms with Crippen LogP contribution < -0.4 is 4.90 Å². The van der Waals surface area contributed by atoms with E-state index in [4.69, 9.17) is 0 Å². The number of anilines is 1. The average Bonchev–Trinajstić information content (AvgIpc) is 3.02. The summed E-state index contributed by atoms with van der Waals surface area (Å²) in [6.07, 6.45) is 2.87. The minimum Gasteiger partial charge on any atom is -0.378 e. The van der Waals surface area contributed by atoms with Crippen molar-refractivity contribution in [2.45, 2.75) is 6.42 Å². The number of likely N-dealkylation sites (N-methyl/N-ethyl adjacent to an activating group) is 1. The van der Waals surface area contributed by atoms with Crippen LogP contribution in [0.25, 0.3) is 10.9 Å². The van der Waals surface area contributed by atoms with Crippen LogP contribution in [0.1, 0.15) is 15.9 Å². The van der Waals surface area contributed by atoms with E-state index in [1.807, 2.05) is 68.6 Å². The van der Waals surface area contributed by atoms with Gasteiger partial charge in [0, 0.05) is 56.0 Å². The maximum absolute atomic E-state index is 12.6. The topological polar surface area (TPSA) is 39.3 Å². The number of fused-ring (bicyclic) bond motifs is 1. The maximum Gasteiger partial charge on any atom is 0.253 e. The number of nitrogens with zero attached hydrogens (tertiary/aromatic N) is 2. The lowest BCUT2D eigenvalue weighted by molar-refractivity contribution is 0.0797. The Balaban J connectivity index is 1.69. The molecule has 1 heterocycles. The quantitative estimate of drug-likeness (QED) is 0.780. The fourth-order valence-corrected chi connectivity index (χ4v) is 2.87. The number of aromatic amines is 1. The maximum atomic E-state index is 12.6. The molecule has 124 valence electrons. The first-order chi connectivity index (χ1) is 11.6. The largest absolute Gasteiger partial charge is 0.378 e. The van der Waals surface area contributed by atoms with Crippen molar-refractivity contribution in [1.82, 2.24) is 9.88 Å². The standard InChI is InChI=1S/C20H23N3O/c1-22(2)17-8-6-7-15(13-17)20(24)23(3)12-11-16-14-21-19-10-5-4-9-18(16)19/h4-10,13-14,21H,11-12H2,1-3H3. The summed E-state index contributed by atoms with van der Waals surface area (Å²) in [7, 11) is 5.81. The third-order valence-corrected chi connectivity index (χ3v) is 4.35. The normalized spacial score (nSPS) is 10.8. The zero-order valence-corrected chi connectivity index (χ0v) is 14.4. The number of nitrogens with one attached hydrogen (secondary N) is 1. The summed E-state index contributed by atoms with van der Waals surface area (Å²) >= 11 is 0. The second kappa shape index (κ2) is 6.79. The molecular formula is C20H23N3O. The van der Waals surface area contributed by atoms with E-state index in [1.165, 1.54) is 10.9 Å². The fourth-order valence-electron chi connectivity index (χ4n) is 2.87. The number of aromatic nitrogens is 1. The van der Waals surface area contributed by atoms with Gasteiger partial charge < -0.3 is 14.8 Å². The van der Waals surface area contributed by atoms with Gasteiger partial charge in [-0.3, -0.25) is 4.79 Å². The molecule has 4 heteroatoms. The number of hydrogen-bond acceptors (Lipinski definition) is 2. The van der Waals surface area contributed by atoms with E-state index in [9.17, 15) is 4.79 Å². The molecule has 0 unspecified atom stereocenters. The Morgan fingerprint density at radius 1 is 1.04 bits per heavy atom. The number of carbonyl (C=O) groups is 1. The summed E-state index contributed by atoms with van der Waals surface area (Å²) < 4.78 is 0. The summed E-state index contributed by atoms with van der Waals surface area (Å²) in [6.45, 7) is 0.687. The van der Waals surface area contributed by atoms with Gasteiger partial charge in [0.1, 0.15) is 0 Å². The van der Waals surface area contributed by atoms with Gasteiger partial charge in [0.25, 0.3) is 5.91 Å². The molecule has 0 spiro atoms. The van der Waals surface area contributed by atoms with Crippen molar-refractivity contribution in [1.29, 1.82) is 0 Å². The zero-order chi connectivity index (χ0) is 17.1. The number of carbonyl (C=O) groups excluding carboxylic acids is 1. The van der Waals surface area contributed by atoms with E-state index in [0.29, 0.717) is 6.54 Å². The van der Waals surface area contributed by atoms with Crippen LogP contribution in [0.5, 0.6) is 0 Å². The molecule has 0 atom stereocenters. The third-order valence-electron chi connectivity index (χ3n) is 4.35. The lowest BCUT2D eigenvalue weighted by Gasteiger charge is -2.19. The summed E-state index contributed by atoms with van der Waals surface area (Å²) in [5.41, 5.74) is 4.14. The number of rotatable bonds is 5. The molecule has 1 amide bonds. The monoisotopic (exact) mass is 321 g/mol. The molecule has 0 aliphatic carbocycles. The lowest BCUT2D eigenvalue weighted by atomic mass is 10.1. The van der Waals surface area contributed by atoms with Crippen LogP contribution in [0.3, 0.4) is 0 Å². The zero-order valence-electron chi connectivity index (χ0n) is 14.4. The highest BCUT2D eigenvalue weighted by Crippen LogP contribution is 2.19. The highest BCUT2D eigenvalue weighted by Gasteiger charge is 2.13. The molecule has 2 aromatic carbocycles. The minimum absolute atomic E-state index is 0.0542. The molecule has 3 rings (SSSR count). The van der Waals surface area contributed by atoms with E-state index >= 15 is 0 Å². The van der Waals surface area contributed by atoms with Crippen molar-refractivity contribution in [2.24, 2.45) is 0 Å². The molecule has 3 aromatic rings. The smallest absolute Gasteiger partial charge is 0.253 e. The molecule has 0 radical (unpaired) electrons. The van der Waals surface area contributed by atoms with Crippen molar-refractivity contribution >= 4 is 22.5 Å². The van der Waals surface area contributed by atoms with Crippen molar-refractivity contribution in [2.75, 3.05) is 32.6 Å². The second-order valence-corrected chi connectivity index (χ2v) is 6.28. The molecule has 0 bridgehead atoms. The first-order valence-electron chi connectivity index (χ1n) is 8.14.